The van der Waals surface area contributed by atoms with Crippen LogP contribution in [0.4, 0.5) is 16.2 Å². The molecule has 2 aromatic rings. The van der Waals surface area contributed by atoms with Gasteiger partial charge in [-0.15, -0.1) is 0 Å². The van der Waals surface area contributed by atoms with Gasteiger partial charge in [0, 0.05) is 35.0 Å². The van der Waals surface area contributed by atoms with Crippen molar-refractivity contribution in [3.63, 3.8) is 0 Å². The van der Waals surface area contributed by atoms with E-state index in [2.05, 4.69) is 31.5 Å². The van der Waals surface area contributed by atoms with E-state index in [1.54, 1.807) is 9.80 Å². The molecule has 0 radical (unpaired) electrons. The number of nitrogens with one attached hydrogen (secondary N) is 2. The highest BCUT2D eigenvalue weighted by molar-refractivity contribution is 9.10. The molecule has 1 spiro atoms. The Morgan fingerprint density at radius 2 is 1.76 bits per heavy atom. The Bertz CT molecular complexity index is 1050. The average Bonchev–Trinajstić information content (AvgIpc) is 3.05. The molecule has 34 heavy (non-hydrogen) atoms. The van der Waals surface area contributed by atoms with Gasteiger partial charge in [0.15, 0.2) is 0 Å². The lowest BCUT2D eigenvalue weighted by Gasteiger charge is -2.43. The van der Waals surface area contributed by atoms with Crippen LogP contribution < -0.4 is 15.5 Å². The van der Waals surface area contributed by atoms with Gasteiger partial charge in [0.25, 0.3) is 5.91 Å². The molecule has 0 bridgehead atoms. The summed E-state index contributed by atoms with van der Waals surface area (Å²) >= 11 is 3.42. The van der Waals surface area contributed by atoms with E-state index in [0.29, 0.717) is 38.3 Å². The van der Waals surface area contributed by atoms with E-state index in [-0.39, 0.29) is 30.4 Å². The van der Waals surface area contributed by atoms with Gasteiger partial charge in [0.1, 0.15) is 12.1 Å². The second-order valence-corrected chi connectivity index (χ2v) is 10.0. The van der Waals surface area contributed by atoms with Crippen LogP contribution in [0.5, 0.6) is 0 Å². The second kappa shape index (κ2) is 10.0. The van der Waals surface area contributed by atoms with Gasteiger partial charge in [-0.2, -0.15) is 0 Å². The number of hydrogen-bond donors (Lipinski definition) is 2. The number of carbonyl (C=O) groups excluding carboxylic acids is 3. The van der Waals surface area contributed by atoms with Crippen LogP contribution in [0.25, 0.3) is 0 Å². The van der Waals surface area contributed by atoms with Crippen LogP contribution in [-0.4, -0.2) is 65.5 Å². The first-order valence-electron chi connectivity index (χ1n) is 11.5. The van der Waals surface area contributed by atoms with Gasteiger partial charge >= 0.3 is 6.03 Å². The number of urea groups is 1. The number of rotatable bonds is 5. The fourth-order valence-corrected chi connectivity index (χ4v) is 5.11. The van der Waals surface area contributed by atoms with Crippen molar-refractivity contribution in [2.24, 2.45) is 0 Å². The monoisotopic (exact) mass is 527 g/mol. The second-order valence-electron chi connectivity index (χ2n) is 9.09. The summed E-state index contributed by atoms with van der Waals surface area (Å²) in [6.07, 6.45) is 0.990. The number of halogens is 1. The zero-order valence-electron chi connectivity index (χ0n) is 19.5. The molecule has 2 saturated heterocycles. The van der Waals surface area contributed by atoms with Gasteiger partial charge in [-0.3, -0.25) is 9.59 Å². The first-order chi connectivity index (χ1) is 16.3. The molecule has 0 aliphatic carbocycles. The lowest BCUT2D eigenvalue weighted by atomic mass is 9.85. The molecule has 4 amide bonds. The first-order valence-corrected chi connectivity index (χ1v) is 12.3. The fraction of sp³-hybridized carbons (Fsp3) is 0.400. The summed E-state index contributed by atoms with van der Waals surface area (Å²) < 4.78 is 0.888. The topological polar surface area (TPSA) is 85.0 Å². The molecule has 2 aliphatic heterocycles. The van der Waals surface area contributed by atoms with Crippen molar-refractivity contribution < 1.29 is 14.4 Å². The highest BCUT2D eigenvalue weighted by Gasteiger charge is 2.54. The number of anilines is 2. The first kappa shape index (κ1) is 24.1. The molecule has 4 rings (SSSR count). The lowest BCUT2D eigenvalue weighted by molar-refractivity contribution is -0.137. The predicted molar refractivity (Wildman–Crippen MR) is 135 cm³/mol. The maximum Gasteiger partial charge on any atom is 0.321 e. The Morgan fingerprint density at radius 3 is 2.41 bits per heavy atom. The molecule has 2 fully saturated rings. The molecule has 2 aliphatic rings. The molecular weight excluding hydrogens is 498 g/mol. The minimum Gasteiger partial charge on any atom is -0.352 e. The van der Waals surface area contributed by atoms with E-state index in [9.17, 15) is 14.4 Å². The summed E-state index contributed by atoms with van der Waals surface area (Å²) in [5.74, 6) is -0.221. The summed E-state index contributed by atoms with van der Waals surface area (Å²) in [5.41, 5.74) is 0.881. The van der Waals surface area contributed by atoms with Crippen LogP contribution in [0.2, 0.25) is 0 Å². The van der Waals surface area contributed by atoms with E-state index in [4.69, 9.17) is 0 Å². The van der Waals surface area contributed by atoms with Gasteiger partial charge in [-0.05, 0) is 57.0 Å². The SMILES string of the molecule is CC(C)NC(=O)CN1CN(c2ccccc2)C2(CCN(C(=O)Nc3cccc(Br)c3)CC2)C1=O. The van der Waals surface area contributed by atoms with E-state index in [1.807, 2.05) is 68.4 Å². The Hall–Kier alpha value is -3.07. The van der Waals surface area contributed by atoms with Crippen molar-refractivity contribution in [3.8, 4) is 0 Å². The molecular formula is C25H30BrN5O3. The van der Waals surface area contributed by atoms with E-state index in [1.165, 1.54) is 0 Å². The molecule has 180 valence electrons. The molecule has 2 N–H and O–H groups in total. The van der Waals surface area contributed by atoms with E-state index >= 15 is 0 Å². The molecule has 0 unspecified atom stereocenters. The van der Waals surface area contributed by atoms with Gasteiger partial charge in [-0.1, -0.05) is 40.2 Å². The van der Waals surface area contributed by atoms with Gasteiger partial charge in [-0.25, -0.2) is 4.79 Å². The summed E-state index contributed by atoms with van der Waals surface area (Å²) in [5, 5.41) is 5.80. The molecule has 8 nitrogen and oxygen atoms in total. The number of piperidine rings is 1. The number of likely N-dealkylation sites (tertiary alicyclic amines) is 1. The smallest absolute Gasteiger partial charge is 0.321 e. The van der Waals surface area contributed by atoms with Crippen LogP contribution in [0, 0.1) is 0 Å². The number of benzene rings is 2. The zero-order valence-corrected chi connectivity index (χ0v) is 21.0. The number of hydrogen-bond acceptors (Lipinski definition) is 4. The highest BCUT2D eigenvalue weighted by Crippen LogP contribution is 2.39. The van der Waals surface area contributed by atoms with Gasteiger partial charge in [0.2, 0.25) is 5.91 Å². The van der Waals surface area contributed by atoms with E-state index in [0.717, 1.165) is 10.2 Å². The largest absolute Gasteiger partial charge is 0.352 e. The molecule has 0 saturated carbocycles. The van der Waals surface area contributed by atoms with Crippen molar-refractivity contribution in [3.05, 3.63) is 59.1 Å². The number of para-hydroxylation sites is 1. The summed E-state index contributed by atoms with van der Waals surface area (Å²) in [6.45, 7) is 5.06. The third-order valence-corrected chi connectivity index (χ3v) is 6.81. The predicted octanol–water partition coefficient (Wildman–Crippen LogP) is 3.65. The Balaban J connectivity index is 1.50. The van der Waals surface area contributed by atoms with Crippen LogP contribution in [0.3, 0.4) is 0 Å². The summed E-state index contributed by atoms with van der Waals surface area (Å²) in [7, 11) is 0. The minimum absolute atomic E-state index is 0.0105. The molecule has 0 atom stereocenters. The maximum absolute atomic E-state index is 13.7. The number of carbonyl (C=O) groups is 3. The van der Waals surface area contributed by atoms with Crippen LogP contribution >= 0.6 is 15.9 Å². The molecule has 9 heteroatoms. The average molecular weight is 528 g/mol. The number of nitrogens with zero attached hydrogens (tertiary/aromatic N) is 3. The molecule has 2 heterocycles. The Kier molecular flexibility index (Phi) is 7.11. The van der Waals surface area contributed by atoms with Crippen LogP contribution in [-0.2, 0) is 9.59 Å². The highest BCUT2D eigenvalue weighted by atomic mass is 79.9. The molecule has 2 aromatic carbocycles. The normalized spacial score (nSPS) is 17.4. The minimum atomic E-state index is -0.772. The van der Waals surface area contributed by atoms with Crippen LogP contribution in [0.15, 0.2) is 59.1 Å². The quantitative estimate of drug-likeness (QED) is 0.621. The summed E-state index contributed by atoms with van der Waals surface area (Å²) in [4.78, 5) is 44.4. The fourth-order valence-electron chi connectivity index (χ4n) is 4.71. The number of amides is 4. The maximum atomic E-state index is 13.7. The van der Waals surface area contributed by atoms with E-state index < -0.39 is 5.54 Å². The Morgan fingerprint density at radius 1 is 1.06 bits per heavy atom. The summed E-state index contributed by atoms with van der Waals surface area (Å²) in [6, 6.07) is 17.1. The van der Waals surface area contributed by atoms with Crippen molar-refractivity contribution in [1.82, 2.24) is 15.1 Å². The third kappa shape index (κ3) is 5.04. The van der Waals surface area contributed by atoms with Gasteiger partial charge < -0.3 is 25.3 Å². The third-order valence-electron chi connectivity index (χ3n) is 6.32. The van der Waals surface area contributed by atoms with Gasteiger partial charge in [0.05, 0.1) is 6.67 Å². The lowest BCUT2D eigenvalue weighted by Crippen LogP contribution is -2.58. The van der Waals surface area contributed by atoms with Crippen LogP contribution in [0.1, 0.15) is 26.7 Å². The zero-order chi connectivity index (χ0) is 24.3. The Labute approximate surface area is 208 Å². The standard InChI is InChI=1S/C25H30BrN5O3/c1-18(2)27-22(32)16-30-17-31(21-9-4-3-5-10-21)25(23(30)33)11-13-29(14-12-25)24(34)28-20-8-6-7-19(26)15-20/h3-10,15,18H,11-14,16-17H2,1-2H3,(H,27,32)(H,28,34). The molecule has 0 aromatic heterocycles. The van der Waals surface area contributed by atoms with Crippen molar-refractivity contribution in [1.29, 1.82) is 0 Å². The van der Waals surface area contributed by atoms with Crippen molar-refractivity contribution >= 4 is 45.2 Å². The van der Waals surface area contributed by atoms with Crippen molar-refractivity contribution in [2.45, 2.75) is 38.3 Å². The van der Waals surface area contributed by atoms with Crippen molar-refractivity contribution in [2.75, 3.05) is 36.5 Å².